The van der Waals surface area contributed by atoms with Crippen LogP contribution >= 0.6 is 11.3 Å². The number of aromatic nitrogens is 3. The van der Waals surface area contributed by atoms with Crippen LogP contribution in [0.5, 0.6) is 0 Å². The topological polar surface area (TPSA) is 59.8 Å². The summed E-state index contributed by atoms with van der Waals surface area (Å²) in [4.78, 5) is 22.2. The maximum Gasteiger partial charge on any atom is 0.230 e. The van der Waals surface area contributed by atoms with Crippen molar-refractivity contribution < 1.29 is 4.79 Å². The Morgan fingerprint density at radius 3 is 2.84 bits per heavy atom. The van der Waals surface area contributed by atoms with Crippen molar-refractivity contribution in [1.29, 1.82) is 0 Å². The minimum absolute atomic E-state index is 0.0173. The van der Waals surface area contributed by atoms with E-state index in [9.17, 15) is 4.79 Å². The van der Waals surface area contributed by atoms with E-state index in [0.29, 0.717) is 11.7 Å². The van der Waals surface area contributed by atoms with Crippen LogP contribution in [-0.4, -0.2) is 20.4 Å². The molecule has 0 aliphatic heterocycles. The molecular weight excluding hydrogens is 332 g/mol. The van der Waals surface area contributed by atoms with Crippen LogP contribution in [-0.2, 0) is 24.2 Å². The third-order valence-corrected chi connectivity index (χ3v) is 4.95. The van der Waals surface area contributed by atoms with Gasteiger partial charge in [0.05, 0.1) is 5.92 Å². The first-order valence-corrected chi connectivity index (χ1v) is 9.27. The van der Waals surface area contributed by atoms with E-state index < -0.39 is 0 Å². The van der Waals surface area contributed by atoms with Crippen molar-refractivity contribution in [2.75, 3.05) is 5.32 Å². The number of imidazole rings is 1. The third kappa shape index (κ3) is 4.54. The van der Waals surface area contributed by atoms with Gasteiger partial charge >= 0.3 is 0 Å². The largest absolute Gasteiger partial charge is 0.334 e. The van der Waals surface area contributed by atoms with Crippen molar-refractivity contribution in [1.82, 2.24) is 14.5 Å². The van der Waals surface area contributed by atoms with Crippen LogP contribution in [0.2, 0.25) is 0 Å². The first kappa shape index (κ1) is 17.4. The number of aryl methyl sites for hydroxylation is 1. The van der Waals surface area contributed by atoms with Gasteiger partial charge in [-0.25, -0.2) is 9.97 Å². The van der Waals surface area contributed by atoms with Crippen molar-refractivity contribution in [3.8, 4) is 0 Å². The van der Waals surface area contributed by atoms with Crippen LogP contribution in [0.4, 0.5) is 5.13 Å². The molecule has 0 fully saturated rings. The molecule has 1 atom stereocenters. The van der Waals surface area contributed by atoms with Gasteiger partial charge in [0.1, 0.15) is 5.82 Å². The van der Waals surface area contributed by atoms with E-state index in [-0.39, 0.29) is 11.8 Å². The number of amides is 1. The van der Waals surface area contributed by atoms with Crippen LogP contribution in [0, 0.1) is 5.92 Å². The van der Waals surface area contributed by atoms with Gasteiger partial charge in [0.25, 0.3) is 0 Å². The Bertz CT molecular complexity index is 825. The van der Waals surface area contributed by atoms with Gasteiger partial charge in [-0.05, 0) is 5.56 Å². The summed E-state index contributed by atoms with van der Waals surface area (Å²) >= 11 is 1.53. The van der Waals surface area contributed by atoms with Crippen molar-refractivity contribution in [2.24, 2.45) is 5.92 Å². The summed E-state index contributed by atoms with van der Waals surface area (Å²) in [6, 6.07) is 10.3. The maximum absolute atomic E-state index is 12.4. The molecule has 0 aliphatic carbocycles. The fraction of sp³-hybridized carbons (Fsp3) is 0.316. The van der Waals surface area contributed by atoms with Crippen LogP contribution in [0.25, 0.3) is 0 Å². The van der Waals surface area contributed by atoms with E-state index in [1.54, 1.807) is 6.20 Å². The number of nitrogens with one attached hydrogen (secondary N) is 1. The lowest BCUT2D eigenvalue weighted by molar-refractivity contribution is -0.119. The quantitative estimate of drug-likeness (QED) is 0.703. The Labute approximate surface area is 151 Å². The maximum atomic E-state index is 12.4. The zero-order valence-corrected chi connectivity index (χ0v) is 15.3. The van der Waals surface area contributed by atoms with Crippen molar-refractivity contribution in [3.05, 3.63) is 65.2 Å². The zero-order valence-electron chi connectivity index (χ0n) is 14.5. The number of rotatable bonds is 7. The second-order valence-corrected chi connectivity index (χ2v) is 7.15. The highest BCUT2D eigenvalue weighted by atomic mass is 32.1. The molecule has 6 heteroatoms. The summed E-state index contributed by atoms with van der Waals surface area (Å²) in [6.07, 6.45) is 7.22. The van der Waals surface area contributed by atoms with Crippen molar-refractivity contribution in [2.45, 2.75) is 33.2 Å². The normalized spacial score (nSPS) is 12.1. The number of carbonyl (C=O) groups excluding carboxylic acids is 1. The SMILES string of the molecule is CCc1nccn1C[C@H](C)C(=O)Nc1ncc(Cc2ccccc2)s1. The highest BCUT2D eigenvalue weighted by Gasteiger charge is 2.16. The summed E-state index contributed by atoms with van der Waals surface area (Å²) in [5, 5.41) is 3.59. The lowest BCUT2D eigenvalue weighted by Gasteiger charge is -2.13. The smallest absolute Gasteiger partial charge is 0.230 e. The molecule has 25 heavy (non-hydrogen) atoms. The molecule has 1 aromatic carbocycles. The average Bonchev–Trinajstić information content (AvgIpc) is 3.25. The Morgan fingerprint density at radius 2 is 2.08 bits per heavy atom. The molecular formula is C19H22N4OS. The number of nitrogens with zero attached hydrogens (tertiary/aromatic N) is 3. The lowest BCUT2D eigenvalue weighted by Crippen LogP contribution is -2.24. The van der Waals surface area contributed by atoms with Gasteiger partial charge in [-0.3, -0.25) is 4.79 Å². The van der Waals surface area contributed by atoms with Gasteiger partial charge in [0.15, 0.2) is 5.13 Å². The van der Waals surface area contributed by atoms with Gasteiger partial charge in [-0.15, -0.1) is 11.3 Å². The molecule has 1 N–H and O–H groups in total. The molecule has 5 nitrogen and oxygen atoms in total. The summed E-state index contributed by atoms with van der Waals surface area (Å²) in [7, 11) is 0. The van der Waals surface area contributed by atoms with Crippen LogP contribution in [0.3, 0.4) is 0 Å². The predicted octanol–water partition coefficient (Wildman–Crippen LogP) is 3.77. The number of benzene rings is 1. The first-order valence-electron chi connectivity index (χ1n) is 8.45. The highest BCUT2D eigenvalue weighted by molar-refractivity contribution is 7.15. The number of thiazole rings is 1. The Morgan fingerprint density at radius 1 is 1.28 bits per heavy atom. The van der Waals surface area contributed by atoms with Gasteiger partial charge in [0, 0.05) is 42.9 Å². The molecule has 2 aromatic heterocycles. The molecule has 0 radical (unpaired) electrons. The highest BCUT2D eigenvalue weighted by Crippen LogP contribution is 2.22. The van der Waals surface area contributed by atoms with Gasteiger partial charge < -0.3 is 9.88 Å². The van der Waals surface area contributed by atoms with Gasteiger partial charge in [-0.1, -0.05) is 44.2 Å². The van der Waals surface area contributed by atoms with Crippen LogP contribution in [0.1, 0.15) is 30.1 Å². The summed E-state index contributed by atoms with van der Waals surface area (Å²) in [6.45, 7) is 4.61. The average molecular weight is 354 g/mol. The molecule has 2 heterocycles. The van der Waals surface area contributed by atoms with E-state index in [2.05, 4.69) is 34.3 Å². The Hall–Kier alpha value is -2.47. The number of anilines is 1. The fourth-order valence-corrected chi connectivity index (χ4v) is 3.52. The van der Waals surface area contributed by atoms with E-state index in [1.807, 2.05) is 42.1 Å². The van der Waals surface area contributed by atoms with Crippen molar-refractivity contribution >= 4 is 22.4 Å². The number of hydrogen-bond acceptors (Lipinski definition) is 4. The van der Waals surface area contributed by atoms with Gasteiger partial charge in [-0.2, -0.15) is 0 Å². The minimum Gasteiger partial charge on any atom is -0.334 e. The summed E-state index contributed by atoms with van der Waals surface area (Å²) in [5.74, 6) is 0.830. The summed E-state index contributed by atoms with van der Waals surface area (Å²) in [5.41, 5.74) is 1.24. The number of hydrogen-bond donors (Lipinski definition) is 1. The van der Waals surface area contributed by atoms with E-state index in [0.717, 1.165) is 23.5 Å². The second-order valence-electron chi connectivity index (χ2n) is 6.03. The standard InChI is InChI=1S/C19H22N4OS/c1-3-17-20-9-10-23(17)13-14(2)18(24)22-19-21-12-16(25-19)11-15-7-5-4-6-8-15/h4-10,12,14H,3,11,13H2,1-2H3,(H,21,22,24)/t14-/m0/s1. The van der Waals surface area contributed by atoms with E-state index in [4.69, 9.17) is 0 Å². The van der Waals surface area contributed by atoms with E-state index in [1.165, 1.54) is 16.9 Å². The van der Waals surface area contributed by atoms with Gasteiger partial charge in [0.2, 0.25) is 5.91 Å². The van der Waals surface area contributed by atoms with E-state index >= 15 is 0 Å². The molecule has 0 bridgehead atoms. The molecule has 1 amide bonds. The third-order valence-electron chi connectivity index (χ3n) is 4.04. The molecule has 0 aliphatic rings. The van der Waals surface area contributed by atoms with Crippen molar-refractivity contribution in [3.63, 3.8) is 0 Å². The summed E-state index contributed by atoms with van der Waals surface area (Å²) < 4.78 is 2.03. The lowest BCUT2D eigenvalue weighted by atomic mass is 10.1. The zero-order chi connectivity index (χ0) is 17.6. The first-order chi connectivity index (χ1) is 12.2. The Balaban J connectivity index is 1.57. The molecule has 3 aromatic rings. The monoisotopic (exact) mass is 354 g/mol. The molecule has 0 saturated carbocycles. The molecule has 0 unspecified atom stereocenters. The minimum atomic E-state index is -0.152. The number of carbonyl (C=O) groups is 1. The second kappa shape index (κ2) is 8.07. The molecule has 3 rings (SSSR count). The molecule has 0 spiro atoms. The molecule has 130 valence electrons. The molecule has 0 saturated heterocycles. The van der Waals surface area contributed by atoms with Crippen LogP contribution in [0.15, 0.2) is 48.9 Å². The predicted molar refractivity (Wildman–Crippen MR) is 101 cm³/mol. The Kier molecular flexibility index (Phi) is 5.60. The van der Waals surface area contributed by atoms with Crippen LogP contribution < -0.4 is 5.32 Å². The fourth-order valence-electron chi connectivity index (χ4n) is 2.67.